The molecule has 0 radical (unpaired) electrons. The van der Waals surface area contributed by atoms with Gasteiger partial charge >= 0.3 is 0 Å². The molecule has 0 aliphatic carbocycles. The zero-order valence-electron chi connectivity index (χ0n) is 12.6. The molecule has 1 aliphatic rings. The van der Waals surface area contributed by atoms with Crippen molar-refractivity contribution in [3.8, 4) is 11.5 Å². The summed E-state index contributed by atoms with van der Waals surface area (Å²) in [5.74, 6) is 1.82. The van der Waals surface area contributed by atoms with Gasteiger partial charge in [-0.25, -0.2) is 0 Å². The fourth-order valence-electron chi connectivity index (χ4n) is 2.42. The van der Waals surface area contributed by atoms with E-state index in [-0.39, 0.29) is 0 Å². The molecule has 0 saturated carbocycles. The molecule has 1 heterocycles. The fraction of sp³-hybridized carbons (Fsp3) is 0.625. The fourth-order valence-corrected chi connectivity index (χ4v) is 2.76. The van der Waals surface area contributed by atoms with Gasteiger partial charge in [0.05, 0.1) is 25.4 Å². The summed E-state index contributed by atoms with van der Waals surface area (Å²) in [6.07, 6.45) is 1.73. The third-order valence-electron chi connectivity index (χ3n) is 3.62. The average Bonchev–Trinajstić information content (AvgIpc) is 3.08. The van der Waals surface area contributed by atoms with E-state index in [2.05, 4.69) is 13.8 Å². The van der Waals surface area contributed by atoms with E-state index in [9.17, 15) is 0 Å². The Kier molecular flexibility index (Phi) is 5.17. The van der Waals surface area contributed by atoms with E-state index in [1.165, 1.54) is 0 Å². The van der Waals surface area contributed by atoms with Gasteiger partial charge in [0.1, 0.15) is 0 Å². The highest BCUT2D eigenvalue weighted by Crippen LogP contribution is 2.40. The minimum Gasteiger partial charge on any atom is -0.490 e. The van der Waals surface area contributed by atoms with Gasteiger partial charge in [-0.1, -0.05) is 18.5 Å². The summed E-state index contributed by atoms with van der Waals surface area (Å²) in [4.78, 5) is 0. The lowest BCUT2D eigenvalue weighted by molar-refractivity contribution is 0.287. The molecule has 1 saturated heterocycles. The van der Waals surface area contributed by atoms with Gasteiger partial charge in [-0.2, -0.15) is 0 Å². The molecule has 20 heavy (non-hydrogen) atoms. The van der Waals surface area contributed by atoms with Gasteiger partial charge in [-0.3, -0.25) is 0 Å². The van der Waals surface area contributed by atoms with E-state index in [0.717, 1.165) is 22.8 Å². The van der Waals surface area contributed by atoms with Crippen LogP contribution in [0, 0.1) is 0 Å². The summed E-state index contributed by atoms with van der Waals surface area (Å²) in [7, 11) is 0. The second-order valence-electron chi connectivity index (χ2n) is 5.20. The van der Waals surface area contributed by atoms with Crippen molar-refractivity contribution < 1.29 is 14.2 Å². The third-order valence-corrected chi connectivity index (χ3v) is 3.94. The Hall–Kier alpha value is -0.930. The number of epoxide rings is 1. The third kappa shape index (κ3) is 3.58. The quantitative estimate of drug-likeness (QED) is 0.698. The lowest BCUT2D eigenvalue weighted by Gasteiger charge is -2.17. The van der Waals surface area contributed by atoms with Crippen molar-refractivity contribution >= 4 is 11.6 Å². The van der Waals surface area contributed by atoms with Gasteiger partial charge in [0.25, 0.3) is 0 Å². The van der Waals surface area contributed by atoms with Crippen LogP contribution in [-0.2, 0) is 4.74 Å². The van der Waals surface area contributed by atoms with Gasteiger partial charge in [0.15, 0.2) is 11.5 Å². The minimum absolute atomic E-state index is 0.340. The van der Waals surface area contributed by atoms with Crippen LogP contribution in [0.5, 0.6) is 11.5 Å². The minimum atomic E-state index is 0.340. The van der Waals surface area contributed by atoms with Crippen LogP contribution >= 0.6 is 11.6 Å². The molecule has 0 spiro atoms. The van der Waals surface area contributed by atoms with Gasteiger partial charge < -0.3 is 14.2 Å². The monoisotopic (exact) mass is 298 g/mol. The van der Waals surface area contributed by atoms with E-state index < -0.39 is 0 Å². The smallest absolute Gasteiger partial charge is 0.162 e. The van der Waals surface area contributed by atoms with Gasteiger partial charge in [0.2, 0.25) is 0 Å². The van der Waals surface area contributed by atoms with Gasteiger partial charge in [0, 0.05) is 11.1 Å². The van der Waals surface area contributed by atoms with Crippen molar-refractivity contribution in [1.82, 2.24) is 0 Å². The van der Waals surface area contributed by atoms with Crippen molar-refractivity contribution in [2.45, 2.75) is 52.2 Å². The molecule has 1 aromatic rings. The molecule has 1 aliphatic heterocycles. The molecule has 112 valence electrons. The standard InChI is InChI=1S/C16H23ClO3/c1-5-18-15-8-12(10(3)7-14-11(4)20-14)13(17)9-16(15)19-6-2/h8-11,14H,5-7H2,1-4H3. The Bertz CT molecular complexity index is 461. The number of hydrogen-bond donors (Lipinski definition) is 0. The SMILES string of the molecule is CCOc1cc(Cl)c(C(C)CC2OC2C)cc1OCC. The molecule has 0 bridgehead atoms. The number of benzene rings is 1. The molecule has 3 unspecified atom stereocenters. The van der Waals surface area contributed by atoms with Crippen molar-refractivity contribution in [3.05, 3.63) is 22.7 Å². The molecule has 2 rings (SSSR count). The molecule has 0 amide bonds. The van der Waals surface area contributed by atoms with Gasteiger partial charge in [-0.05, 0) is 44.7 Å². The van der Waals surface area contributed by atoms with E-state index in [0.29, 0.717) is 37.1 Å². The Balaban J connectivity index is 2.20. The predicted octanol–water partition coefficient (Wildman–Crippen LogP) is 4.42. The maximum absolute atomic E-state index is 6.40. The van der Waals surface area contributed by atoms with Crippen molar-refractivity contribution in [1.29, 1.82) is 0 Å². The van der Waals surface area contributed by atoms with Crippen molar-refractivity contribution in [2.24, 2.45) is 0 Å². The lowest BCUT2D eigenvalue weighted by atomic mass is 9.95. The molecule has 4 heteroatoms. The first-order valence-electron chi connectivity index (χ1n) is 7.31. The first-order valence-corrected chi connectivity index (χ1v) is 7.69. The maximum Gasteiger partial charge on any atom is 0.162 e. The summed E-state index contributed by atoms with van der Waals surface area (Å²) < 4.78 is 16.7. The molecule has 0 N–H and O–H groups in total. The predicted molar refractivity (Wildman–Crippen MR) is 81.2 cm³/mol. The zero-order chi connectivity index (χ0) is 14.7. The first-order chi connectivity index (χ1) is 9.56. The van der Waals surface area contributed by atoms with Crippen LogP contribution in [0.4, 0.5) is 0 Å². The highest BCUT2D eigenvalue weighted by molar-refractivity contribution is 6.31. The summed E-state index contributed by atoms with van der Waals surface area (Å²) in [5, 5.41) is 0.734. The normalized spacial score (nSPS) is 22.4. The lowest BCUT2D eigenvalue weighted by Crippen LogP contribution is -2.04. The van der Waals surface area contributed by atoms with Crippen LogP contribution in [0.25, 0.3) is 0 Å². The van der Waals surface area contributed by atoms with Crippen molar-refractivity contribution in [3.63, 3.8) is 0 Å². The number of ether oxygens (including phenoxy) is 3. The molecular formula is C16H23ClO3. The molecular weight excluding hydrogens is 276 g/mol. The molecule has 1 fully saturated rings. The summed E-state index contributed by atoms with van der Waals surface area (Å²) in [5.41, 5.74) is 1.10. The Morgan fingerprint density at radius 3 is 2.25 bits per heavy atom. The van der Waals surface area contributed by atoms with Gasteiger partial charge in [-0.15, -0.1) is 0 Å². The highest BCUT2D eigenvalue weighted by atomic mass is 35.5. The number of halogens is 1. The second-order valence-corrected chi connectivity index (χ2v) is 5.61. The van der Waals surface area contributed by atoms with E-state index in [4.69, 9.17) is 25.8 Å². The van der Waals surface area contributed by atoms with Crippen LogP contribution in [0.2, 0.25) is 5.02 Å². The largest absolute Gasteiger partial charge is 0.490 e. The van der Waals surface area contributed by atoms with E-state index in [1.807, 2.05) is 26.0 Å². The average molecular weight is 299 g/mol. The summed E-state index contributed by atoms with van der Waals surface area (Å²) >= 11 is 6.40. The van der Waals surface area contributed by atoms with Crippen LogP contribution in [0.15, 0.2) is 12.1 Å². The summed E-state index contributed by atoms with van der Waals surface area (Å²) in [6, 6.07) is 3.87. The molecule has 0 aromatic heterocycles. The van der Waals surface area contributed by atoms with Crippen LogP contribution < -0.4 is 9.47 Å². The van der Waals surface area contributed by atoms with Crippen LogP contribution in [0.1, 0.15) is 45.6 Å². The van der Waals surface area contributed by atoms with Crippen LogP contribution in [0.3, 0.4) is 0 Å². The van der Waals surface area contributed by atoms with Crippen LogP contribution in [-0.4, -0.2) is 25.4 Å². The second kappa shape index (κ2) is 6.68. The Morgan fingerprint density at radius 2 is 1.75 bits per heavy atom. The Morgan fingerprint density at radius 1 is 1.20 bits per heavy atom. The molecule has 3 nitrogen and oxygen atoms in total. The zero-order valence-corrected chi connectivity index (χ0v) is 13.4. The topological polar surface area (TPSA) is 31.0 Å². The van der Waals surface area contributed by atoms with Crippen molar-refractivity contribution in [2.75, 3.05) is 13.2 Å². The number of hydrogen-bond acceptors (Lipinski definition) is 3. The van der Waals surface area contributed by atoms with E-state index >= 15 is 0 Å². The molecule has 1 aromatic carbocycles. The summed E-state index contributed by atoms with van der Waals surface area (Å²) in [6.45, 7) is 9.39. The maximum atomic E-state index is 6.40. The highest BCUT2D eigenvalue weighted by Gasteiger charge is 2.35. The Labute approximate surface area is 126 Å². The van der Waals surface area contributed by atoms with E-state index in [1.54, 1.807) is 0 Å². The molecule has 3 atom stereocenters. The first kappa shape index (κ1) is 15.5. The number of rotatable bonds is 7.